The van der Waals surface area contributed by atoms with Crippen LogP contribution in [0.25, 0.3) is 11.1 Å². The molecular weight excluding hydrogens is 471 g/mol. The lowest BCUT2D eigenvalue weighted by Gasteiger charge is -2.35. The summed E-state index contributed by atoms with van der Waals surface area (Å²) in [4.78, 5) is 29.9. The fourth-order valence-electron chi connectivity index (χ4n) is 4.62. The van der Waals surface area contributed by atoms with Crippen LogP contribution in [0.3, 0.4) is 0 Å². The fourth-order valence-corrected chi connectivity index (χ4v) is 4.62. The Labute approximate surface area is 214 Å². The molecule has 2 aliphatic heterocycles. The van der Waals surface area contributed by atoms with Crippen LogP contribution in [0.5, 0.6) is 0 Å². The average Bonchev–Trinajstić information content (AvgIpc) is 2.94. The lowest BCUT2D eigenvalue weighted by molar-refractivity contribution is -0.384. The lowest BCUT2D eigenvalue weighted by Crippen LogP contribution is -2.48. The first-order valence-electron chi connectivity index (χ1n) is 12.2. The predicted molar refractivity (Wildman–Crippen MR) is 141 cm³/mol. The molecule has 0 radical (unpaired) electrons. The highest BCUT2D eigenvalue weighted by Gasteiger charge is 2.24. The van der Waals surface area contributed by atoms with Crippen molar-refractivity contribution in [3.8, 4) is 11.1 Å². The van der Waals surface area contributed by atoms with E-state index in [2.05, 4.69) is 4.90 Å². The number of amides is 1. The van der Waals surface area contributed by atoms with Crippen LogP contribution >= 0.6 is 0 Å². The van der Waals surface area contributed by atoms with E-state index in [9.17, 15) is 19.3 Å². The number of hydrogen-bond acceptors (Lipinski definition) is 5. The van der Waals surface area contributed by atoms with Gasteiger partial charge in [0.1, 0.15) is 5.82 Å². The van der Waals surface area contributed by atoms with E-state index in [1.165, 1.54) is 24.3 Å². The second-order valence-electron chi connectivity index (χ2n) is 9.18. The molecule has 2 aliphatic rings. The predicted octanol–water partition coefficient (Wildman–Crippen LogP) is 5.01. The monoisotopic (exact) mass is 498 g/mol. The van der Waals surface area contributed by atoms with Crippen molar-refractivity contribution in [2.45, 2.75) is 6.54 Å². The number of nitro groups is 1. The minimum Gasteiger partial charge on any atom is -0.343 e. The average molecular weight is 499 g/mol. The summed E-state index contributed by atoms with van der Waals surface area (Å²) in [5, 5.41) is 10.9. The van der Waals surface area contributed by atoms with Gasteiger partial charge in [0, 0.05) is 63.3 Å². The van der Waals surface area contributed by atoms with Crippen LogP contribution in [0, 0.1) is 15.9 Å². The Morgan fingerprint density at radius 1 is 0.865 bits per heavy atom. The fraction of sp³-hybridized carbons (Fsp3) is 0.207. The van der Waals surface area contributed by atoms with Crippen LogP contribution in [-0.4, -0.2) is 53.4 Å². The van der Waals surface area contributed by atoms with Gasteiger partial charge in [-0.1, -0.05) is 36.4 Å². The van der Waals surface area contributed by atoms with Crippen LogP contribution in [0.15, 0.2) is 96.7 Å². The van der Waals surface area contributed by atoms with E-state index in [0.717, 1.165) is 42.0 Å². The van der Waals surface area contributed by atoms with E-state index < -0.39 is 4.92 Å². The van der Waals surface area contributed by atoms with E-state index in [0.29, 0.717) is 25.2 Å². The maximum Gasteiger partial charge on any atom is 0.269 e. The summed E-state index contributed by atoms with van der Waals surface area (Å²) >= 11 is 0. The molecule has 3 aromatic rings. The van der Waals surface area contributed by atoms with Crippen molar-refractivity contribution in [3.63, 3.8) is 0 Å². The summed E-state index contributed by atoms with van der Waals surface area (Å²) in [6, 6.07) is 21.0. The normalized spacial score (nSPS) is 16.0. The molecule has 0 unspecified atom stereocenters. The molecule has 0 saturated carbocycles. The summed E-state index contributed by atoms with van der Waals surface area (Å²) in [7, 11) is 0. The zero-order valence-corrected chi connectivity index (χ0v) is 20.3. The number of non-ortho nitro benzene ring substituents is 1. The molecule has 0 spiro atoms. The molecule has 8 heteroatoms. The van der Waals surface area contributed by atoms with Gasteiger partial charge in [0.25, 0.3) is 11.6 Å². The molecule has 0 atom stereocenters. The van der Waals surface area contributed by atoms with Gasteiger partial charge in [-0.15, -0.1) is 0 Å². The Bertz CT molecular complexity index is 1330. The SMILES string of the molecule is O=C(C1=CN(c2ccc(-c3ccc([N+](=O)[O-])cc3)cc2)CC=C1)N1CCN(Cc2ccc(F)cc2)CC1. The maximum atomic E-state index is 13.2. The number of anilines is 1. The first-order chi connectivity index (χ1) is 18.0. The van der Waals surface area contributed by atoms with Gasteiger partial charge in [0.15, 0.2) is 0 Å². The summed E-state index contributed by atoms with van der Waals surface area (Å²) < 4.78 is 13.1. The molecule has 0 aromatic heterocycles. The standard InChI is InChI=1S/C29H27FN4O3/c30-26-9-3-22(4-10-26)20-31-16-18-32(19-17-31)29(35)25-2-1-15-33(21-25)27-11-5-23(6-12-27)24-7-13-28(14-8-24)34(36)37/h1-14,21H,15-20H2. The van der Waals surface area contributed by atoms with Crippen molar-refractivity contribution in [1.82, 2.24) is 9.80 Å². The smallest absolute Gasteiger partial charge is 0.269 e. The quantitative estimate of drug-likeness (QED) is 0.353. The van der Waals surface area contributed by atoms with Crippen molar-refractivity contribution >= 4 is 17.3 Å². The highest BCUT2D eigenvalue weighted by molar-refractivity contribution is 5.97. The summed E-state index contributed by atoms with van der Waals surface area (Å²) in [6.07, 6.45) is 5.77. The number of carbonyl (C=O) groups excluding carboxylic acids is 1. The molecule has 1 saturated heterocycles. The van der Waals surface area contributed by atoms with Crippen LogP contribution in [-0.2, 0) is 11.3 Å². The first kappa shape index (κ1) is 24.4. The van der Waals surface area contributed by atoms with Crippen LogP contribution < -0.4 is 4.90 Å². The molecular formula is C29H27FN4O3. The van der Waals surface area contributed by atoms with Gasteiger partial charge in [0.05, 0.1) is 10.5 Å². The van der Waals surface area contributed by atoms with E-state index in [1.54, 1.807) is 24.3 Å². The largest absolute Gasteiger partial charge is 0.343 e. The highest BCUT2D eigenvalue weighted by atomic mass is 19.1. The van der Waals surface area contributed by atoms with Gasteiger partial charge in [-0.25, -0.2) is 4.39 Å². The summed E-state index contributed by atoms with van der Waals surface area (Å²) in [6.45, 7) is 4.25. The Hall–Kier alpha value is -4.30. The maximum absolute atomic E-state index is 13.2. The van der Waals surface area contributed by atoms with Gasteiger partial charge >= 0.3 is 0 Å². The highest BCUT2D eigenvalue weighted by Crippen LogP contribution is 2.27. The Kier molecular flexibility index (Phi) is 7.09. The van der Waals surface area contributed by atoms with Crippen LogP contribution in [0.1, 0.15) is 5.56 Å². The third-order valence-corrected chi connectivity index (χ3v) is 6.73. The van der Waals surface area contributed by atoms with Crippen molar-refractivity contribution in [2.75, 3.05) is 37.6 Å². The zero-order chi connectivity index (χ0) is 25.8. The molecule has 37 heavy (non-hydrogen) atoms. The summed E-state index contributed by atoms with van der Waals surface area (Å²) in [5.74, 6) is -0.215. The third-order valence-electron chi connectivity index (χ3n) is 6.73. The number of nitrogens with zero attached hydrogens (tertiary/aromatic N) is 4. The molecule has 7 nitrogen and oxygen atoms in total. The number of carbonyl (C=O) groups is 1. The zero-order valence-electron chi connectivity index (χ0n) is 20.3. The molecule has 3 aromatic carbocycles. The molecule has 1 amide bonds. The van der Waals surface area contributed by atoms with E-state index in [4.69, 9.17) is 0 Å². The van der Waals surface area contributed by atoms with Gasteiger partial charge in [-0.2, -0.15) is 0 Å². The van der Waals surface area contributed by atoms with Crippen molar-refractivity contribution in [1.29, 1.82) is 0 Å². The molecule has 188 valence electrons. The van der Waals surface area contributed by atoms with Crippen molar-refractivity contribution in [2.24, 2.45) is 0 Å². The van der Waals surface area contributed by atoms with Gasteiger partial charge < -0.3 is 9.80 Å². The van der Waals surface area contributed by atoms with E-state index in [-0.39, 0.29) is 17.4 Å². The molecule has 0 aliphatic carbocycles. The van der Waals surface area contributed by atoms with Crippen molar-refractivity contribution < 1.29 is 14.1 Å². The van der Waals surface area contributed by atoms with Gasteiger partial charge in [-0.3, -0.25) is 19.8 Å². The van der Waals surface area contributed by atoms with Gasteiger partial charge in [-0.05, 0) is 53.1 Å². The van der Waals surface area contributed by atoms with E-state index in [1.807, 2.05) is 52.4 Å². The van der Waals surface area contributed by atoms with Gasteiger partial charge in [0.2, 0.25) is 0 Å². The van der Waals surface area contributed by atoms with Crippen LogP contribution in [0.2, 0.25) is 0 Å². The Morgan fingerprint density at radius 3 is 2.11 bits per heavy atom. The lowest BCUT2D eigenvalue weighted by atomic mass is 10.0. The Morgan fingerprint density at radius 2 is 1.49 bits per heavy atom. The second-order valence-corrected chi connectivity index (χ2v) is 9.18. The third kappa shape index (κ3) is 5.76. The molecule has 0 N–H and O–H groups in total. The summed E-state index contributed by atoms with van der Waals surface area (Å²) in [5.41, 5.74) is 4.61. The van der Waals surface area contributed by atoms with Crippen LogP contribution in [0.4, 0.5) is 15.8 Å². The molecule has 5 rings (SSSR count). The molecule has 1 fully saturated rings. The number of halogens is 1. The Balaban J connectivity index is 1.20. The number of piperazine rings is 1. The number of nitro benzene ring substituents is 1. The molecule has 0 bridgehead atoms. The minimum atomic E-state index is -0.407. The molecule has 2 heterocycles. The van der Waals surface area contributed by atoms with E-state index >= 15 is 0 Å². The number of hydrogen-bond donors (Lipinski definition) is 0. The number of benzene rings is 3. The topological polar surface area (TPSA) is 69.9 Å². The number of rotatable bonds is 6. The first-order valence-corrected chi connectivity index (χ1v) is 12.2. The second kappa shape index (κ2) is 10.8. The minimum absolute atomic E-state index is 0.0184. The van der Waals surface area contributed by atoms with Crippen molar-refractivity contribution in [3.05, 3.63) is 118 Å².